The first-order chi connectivity index (χ1) is 11.7. The fourth-order valence-electron chi connectivity index (χ4n) is 4.12. The van der Waals surface area contributed by atoms with Crippen molar-refractivity contribution in [3.05, 3.63) is 29.8 Å². The topological polar surface area (TPSA) is 64.7 Å². The second-order valence-electron chi connectivity index (χ2n) is 6.98. The van der Waals surface area contributed by atoms with E-state index in [4.69, 9.17) is 0 Å². The Morgan fingerprint density at radius 2 is 1.96 bits per heavy atom. The van der Waals surface area contributed by atoms with Crippen molar-refractivity contribution in [2.24, 2.45) is 0 Å². The minimum absolute atomic E-state index is 0.0705. The van der Waals surface area contributed by atoms with Crippen LogP contribution in [0.15, 0.2) is 24.3 Å². The quantitative estimate of drug-likeness (QED) is 0.808. The number of para-hydroxylation sites is 1. The normalized spacial score (nSPS) is 27.5. The molecular weight excluding hydrogens is 304 g/mol. The molecule has 0 aromatic heterocycles. The molecule has 2 saturated heterocycles. The van der Waals surface area contributed by atoms with Gasteiger partial charge in [0.15, 0.2) is 0 Å². The third-order valence-corrected chi connectivity index (χ3v) is 5.40. The van der Waals surface area contributed by atoms with Gasteiger partial charge in [-0.25, -0.2) is 4.90 Å². The summed E-state index contributed by atoms with van der Waals surface area (Å²) in [5.74, 6) is -0.180. The highest BCUT2D eigenvalue weighted by Crippen LogP contribution is 2.37. The van der Waals surface area contributed by atoms with Crippen LogP contribution in [-0.4, -0.2) is 61.5 Å². The van der Waals surface area contributed by atoms with Gasteiger partial charge in [-0.05, 0) is 31.0 Å². The summed E-state index contributed by atoms with van der Waals surface area (Å²) in [7, 11) is 0. The van der Waals surface area contributed by atoms with E-state index in [2.05, 4.69) is 15.5 Å². The molecule has 1 unspecified atom stereocenters. The number of benzene rings is 1. The molecule has 2 N–H and O–H groups in total. The SMILES string of the molecule is O=C(CN1CCNCC1)N1C(=O)C2(CCCN2)Cc2ccccc21. The zero-order valence-corrected chi connectivity index (χ0v) is 13.9. The predicted molar refractivity (Wildman–Crippen MR) is 91.9 cm³/mol. The van der Waals surface area contributed by atoms with Gasteiger partial charge >= 0.3 is 0 Å². The van der Waals surface area contributed by atoms with Crippen molar-refractivity contribution in [3.63, 3.8) is 0 Å². The van der Waals surface area contributed by atoms with Gasteiger partial charge in [0.1, 0.15) is 5.54 Å². The van der Waals surface area contributed by atoms with Crippen molar-refractivity contribution >= 4 is 17.5 Å². The average Bonchev–Trinajstić information content (AvgIpc) is 3.06. The maximum atomic E-state index is 13.2. The Hall–Kier alpha value is -1.76. The van der Waals surface area contributed by atoms with Crippen molar-refractivity contribution in [1.29, 1.82) is 0 Å². The molecule has 0 aliphatic carbocycles. The number of nitrogens with one attached hydrogen (secondary N) is 2. The van der Waals surface area contributed by atoms with E-state index in [-0.39, 0.29) is 11.8 Å². The van der Waals surface area contributed by atoms with Crippen LogP contribution in [0, 0.1) is 0 Å². The summed E-state index contributed by atoms with van der Waals surface area (Å²) >= 11 is 0. The van der Waals surface area contributed by atoms with E-state index in [9.17, 15) is 9.59 Å². The molecule has 1 aromatic rings. The number of carbonyl (C=O) groups is 2. The fraction of sp³-hybridized carbons (Fsp3) is 0.556. The summed E-state index contributed by atoms with van der Waals surface area (Å²) < 4.78 is 0. The molecule has 1 aromatic carbocycles. The van der Waals surface area contributed by atoms with Gasteiger partial charge in [-0.1, -0.05) is 18.2 Å². The zero-order chi connectivity index (χ0) is 16.6. The highest BCUT2D eigenvalue weighted by Gasteiger charge is 2.49. The lowest BCUT2D eigenvalue weighted by Gasteiger charge is -2.40. The van der Waals surface area contributed by atoms with E-state index in [1.807, 2.05) is 24.3 Å². The summed E-state index contributed by atoms with van der Waals surface area (Å²) in [4.78, 5) is 29.8. The lowest BCUT2D eigenvalue weighted by atomic mass is 9.83. The zero-order valence-electron chi connectivity index (χ0n) is 13.9. The molecule has 0 radical (unpaired) electrons. The number of anilines is 1. The molecule has 0 saturated carbocycles. The van der Waals surface area contributed by atoms with E-state index < -0.39 is 5.54 Å². The number of amides is 2. The first-order valence-electron chi connectivity index (χ1n) is 8.83. The first-order valence-corrected chi connectivity index (χ1v) is 8.83. The van der Waals surface area contributed by atoms with Crippen molar-refractivity contribution in [3.8, 4) is 0 Å². The predicted octanol–water partition coefficient (Wildman–Crippen LogP) is 0.130. The maximum Gasteiger partial charge on any atom is 0.254 e. The van der Waals surface area contributed by atoms with Gasteiger partial charge in [0, 0.05) is 32.6 Å². The minimum atomic E-state index is -0.590. The maximum absolute atomic E-state index is 13.2. The second-order valence-corrected chi connectivity index (χ2v) is 6.98. The molecule has 0 bridgehead atoms. The van der Waals surface area contributed by atoms with Gasteiger partial charge in [-0.15, -0.1) is 0 Å². The molecule has 2 fully saturated rings. The van der Waals surface area contributed by atoms with Crippen LogP contribution in [0.5, 0.6) is 0 Å². The van der Waals surface area contributed by atoms with E-state index in [1.54, 1.807) is 0 Å². The van der Waals surface area contributed by atoms with Crippen molar-refractivity contribution in [2.75, 3.05) is 44.2 Å². The molecule has 6 heteroatoms. The standard InChI is InChI=1S/C18H24N4O2/c23-16(13-21-10-8-19-9-11-21)22-15-5-2-1-4-14(15)12-18(17(22)24)6-3-7-20-18/h1-2,4-5,19-20H,3,6-13H2. The molecule has 3 aliphatic rings. The molecule has 4 rings (SSSR count). The van der Waals surface area contributed by atoms with Gasteiger partial charge in [0.25, 0.3) is 5.91 Å². The van der Waals surface area contributed by atoms with Crippen molar-refractivity contribution in [2.45, 2.75) is 24.8 Å². The Morgan fingerprint density at radius 3 is 2.71 bits per heavy atom. The van der Waals surface area contributed by atoms with Gasteiger partial charge in [-0.3, -0.25) is 14.5 Å². The van der Waals surface area contributed by atoms with E-state index in [1.165, 1.54) is 4.90 Å². The Labute approximate surface area is 142 Å². The van der Waals surface area contributed by atoms with Crippen LogP contribution >= 0.6 is 0 Å². The Kier molecular flexibility index (Phi) is 4.12. The van der Waals surface area contributed by atoms with Gasteiger partial charge in [0.05, 0.1) is 12.2 Å². The number of rotatable bonds is 2. The van der Waals surface area contributed by atoms with Gasteiger partial charge < -0.3 is 10.6 Å². The Balaban J connectivity index is 1.64. The lowest BCUT2D eigenvalue weighted by molar-refractivity contribution is -0.131. The van der Waals surface area contributed by atoms with E-state index in [0.717, 1.165) is 56.8 Å². The largest absolute Gasteiger partial charge is 0.314 e. The lowest BCUT2D eigenvalue weighted by Crippen LogP contribution is -2.62. The van der Waals surface area contributed by atoms with Gasteiger partial charge in [0.2, 0.25) is 5.91 Å². The van der Waals surface area contributed by atoms with Crippen LogP contribution in [0.3, 0.4) is 0 Å². The number of imide groups is 1. The number of hydrogen-bond donors (Lipinski definition) is 2. The van der Waals surface area contributed by atoms with Crippen LogP contribution in [0.4, 0.5) is 5.69 Å². The number of nitrogens with zero attached hydrogens (tertiary/aromatic N) is 2. The molecule has 2 amide bonds. The van der Waals surface area contributed by atoms with E-state index in [0.29, 0.717) is 13.0 Å². The summed E-state index contributed by atoms with van der Waals surface area (Å²) in [6.45, 7) is 4.62. The molecule has 24 heavy (non-hydrogen) atoms. The highest BCUT2D eigenvalue weighted by atomic mass is 16.2. The molecule has 128 valence electrons. The molecule has 6 nitrogen and oxygen atoms in total. The molecule has 1 spiro atoms. The number of carbonyl (C=O) groups excluding carboxylic acids is 2. The molecular formula is C18H24N4O2. The van der Waals surface area contributed by atoms with Crippen LogP contribution in [-0.2, 0) is 16.0 Å². The van der Waals surface area contributed by atoms with Crippen molar-refractivity contribution < 1.29 is 9.59 Å². The summed E-state index contributed by atoms with van der Waals surface area (Å²) in [6.07, 6.45) is 2.46. The number of piperazine rings is 1. The second kappa shape index (κ2) is 6.27. The molecule has 1 atom stereocenters. The number of hydrogen-bond acceptors (Lipinski definition) is 5. The minimum Gasteiger partial charge on any atom is -0.314 e. The Bertz CT molecular complexity index is 648. The molecule has 3 heterocycles. The fourth-order valence-corrected chi connectivity index (χ4v) is 4.12. The number of fused-ring (bicyclic) bond motifs is 1. The van der Waals surface area contributed by atoms with Crippen LogP contribution < -0.4 is 15.5 Å². The van der Waals surface area contributed by atoms with Crippen LogP contribution in [0.1, 0.15) is 18.4 Å². The van der Waals surface area contributed by atoms with Crippen molar-refractivity contribution in [1.82, 2.24) is 15.5 Å². The Morgan fingerprint density at radius 1 is 1.17 bits per heavy atom. The average molecular weight is 328 g/mol. The summed E-state index contributed by atoms with van der Waals surface area (Å²) in [6, 6.07) is 7.81. The smallest absolute Gasteiger partial charge is 0.254 e. The third-order valence-electron chi connectivity index (χ3n) is 5.40. The summed E-state index contributed by atoms with van der Waals surface area (Å²) in [5, 5.41) is 6.67. The van der Waals surface area contributed by atoms with Crippen LogP contribution in [0.2, 0.25) is 0 Å². The third kappa shape index (κ3) is 2.64. The highest BCUT2D eigenvalue weighted by molar-refractivity contribution is 6.20. The van der Waals surface area contributed by atoms with Crippen LogP contribution in [0.25, 0.3) is 0 Å². The van der Waals surface area contributed by atoms with Gasteiger partial charge in [-0.2, -0.15) is 0 Å². The molecule has 3 aliphatic heterocycles. The summed E-state index contributed by atoms with van der Waals surface area (Å²) in [5.41, 5.74) is 1.26. The first kappa shape index (κ1) is 15.7. The van der Waals surface area contributed by atoms with E-state index >= 15 is 0 Å². The monoisotopic (exact) mass is 328 g/mol.